The normalized spacial score (nSPS) is 9.13. The van der Waals surface area contributed by atoms with Crippen LogP contribution in [-0.2, 0) is 7.05 Å². The first-order valence-electron chi connectivity index (χ1n) is 4.71. The van der Waals surface area contributed by atoms with E-state index >= 15 is 0 Å². The van der Waals surface area contributed by atoms with Gasteiger partial charge >= 0.3 is 98.9 Å². The quantitative estimate of drug-likeness (QED) is 0.400. The molecule has 0 saturated carbocycles. The van der Waals surface area contributed by atoms with Crippen molar-refractivity contribution in [3.63, 3.8) is 0 Å². The van der Waals surface area contributed by atoms with Crippen molar-refractivity contribution in [2.75, 3.05) is 0 Å². The van der Waals surface area contributed by atoms with Crippen molar-refractivity contribution in [1.29, 1.82) is 0 Å². The van der Waals surface area contributed by atoms with E-state index in [9.17, 15) is 0 Å². The Morgan fingerprint density at radius 3 is 2.13 bits per heavy atom. The molecule has 1 heterocycles. The number of aromatic nitrogens is 1. The molecule has 15 heavy (non-hydrogen) atoms. The van der Waals surface area contributed by atoms with Gasteiger partial charge in [-0.15, -0.1) is 0 Å². The molecule has 0 saturated heterocycles. The predicted octanol–water partition coefficient (Wildman–Crippen LogP) is -4.74. The summed E-state index contributed by atoms with van der Waals surface area (Å²) in [5.74, 6) is 0. The van der Waals surface area contributed by atoms with Gasteiger partial charge in [-0.1, -0.05) is 0 Å². The van der Waals surface area contributed by atoms with Crippen LogP contribution in [0.2, 0.25) is 6.82 Å². The molecule has 1 aromatic rings. The zero-order valence-electron chi connectivity index (χ0n) is 9.07. The van der Waals surface area contributed by atoms with E-state index in [1.165, 1.54) is 7.17 Å². The van der Waals surface area contributed by atoms with E-state index in [2.05, 4.69) is 0 Å². The summed E-state index contributed by atoms with van der Waals surface area (Å²) >= 11 is 0. The number of nitrogens with zero attached hydrogens (tertiary/aromatic N) is 1. The molecule has 1 nitrogen and oxygen atoms in total. The van der Waals surface area contributed by atoms with Crippen LogP contribution in [0.4, 0.5) is 0 Å². The Morgan fingerprint density at radius 1 is 1.07 bits per heavy atom. The van der Waals surface area contributed by atoms with Crippen molar-refractivity contribution in [3.8, 4) is 0 Å². The van der Waals surface area contributed by atoms with Crippen LogP contribution in [0, 0.1) is 0 Å². The van der Waals surface area contributed by atoms with Gasteiger partial charge in [0.05, 0.1) is 0 Å². The number of hydrogen-bond donors (Lipinski definition) is 0. The molecule has 0 spiro atoms. The summed E-state index contributed by atoms with van der Waals surface area (Å²) in [6, 6.07) is 0. The van der Waals surface area contributed by atoms with E-state index in [1.807, 2.05) is 32.8 Å². The van der Waals surface area contributed by atoms with Gasteiger partial charge in [0.1, 0.15) is 0 Å². The van der Waals surface area contributed by atoms with Gasteiger partial charge in [-0.2, -0.15) is 0 Å². The molecule has 1 rings (SSSR count). The molecule has 9 heteroatoms. The first-order valence-corrected chi connectivity index (χ1v) is 4.71. The molecule has 0 N–H and O–H groups in total. The molecule has 0 aliphatic heterocycles. The zero-order valence-corrected chi connectivity index (χ0v) is 9.07. The fraction of sp³-hybridized carbons (Fsp3) is 0.333. The van der Waals surface area contributed by atoms with Crippen molar-refractivity contribution in [1.82, 2.24) is 4.57 Å². The summed E-state index contributed by atoms with van der Waals surface area (Å²) in [4.78, 5) is 0. The molecule has 0 amide bonds. The van der Waals surface area contributed by atoms with E-state index in [1.54, 1.807) is 14.0 Å². The Morgan fingerprint density at radius 2 is 1.73 bits per heavy atom. The second-order valence-corrected chi connectivity index (χ2v) is 3.16. The molecule has 0 aliphatic rings. The van der Waals surface area contributed by atoms with Crippen molar-refractivity contribution in [2.45, 2.75) is 6.82 Å². The Labute approximate surface area is 99.2 Å². The monoisotopic (exact) mass is 180 g/mol. The summed E-state index contributed by atoms with van der Waals surface area (Å²) < 4.78 is 1.91. The van der Waals surface area contributed by atoms with Crippen LogP contribution in [0.25, 0.3) is 0 Å². The molecule has 0 fully saturated rings. The van der Waals surface area contributed by atoms with Crippen LogP contribution in [0.1, 0.15) is 0 Å². The van der Waals surface area contributed by atoms with Crippen LogP contribution < -0.4 is 22.1 Å². The Hall–Kier alpha value is -0.201. The van der Waals surface area contributed by atoms with E-state index in [4.69, 9.17) is 22.8 Å². The molecule has 0 unspecified atom stereocenters. The minimum atomic E-state index is 0.863. The second-order valence-electron chi connectivity index (χ2n) is 3.16. The summed E-state index contributed by atoms with van der Waals surface area (Å²) in [7, 11) is 25.6. The fourth-order valence-electron chi connectivity index (χ4n) is 1.69. The van der Waals surface area contributed by atoms with Gasteiger partial charge in [0.15, 0.2) is 0 Å². The third-order valence-electron chi connectivity index (χ3n) is 2.38. The molecule has 0 atom stereocenters. The van der Waals surface area contributed by atoms with E-state index < -0.39 is 0 Å². The van der Waals surface area contributed by atoms with Gasteiger partial charge in [-0.3, -0.25) is 0 Å². The van der Waals surface area contributed by atoms with Crippen molar-refractivity contribution >= 4 is 80.4 Å². The third-order valence-corrected chi connectivity index (χ3v) is 2.38. The van der Waals surface area contributed by atoms with Crippen LogP contribution in [-0.4, -0.2) is 62.9 Å². The van der Waals surface area contributed by atoms with Gasteiger partial charge in [0, 0.05) is 0 Å². The zero-order chi connectivity index (χ0) is 11.4. The summed E-state index contributed by atoms with van der Waals surface area (Å²) in [5.41, 5.74) is 3.65. The number of hydrogen-bond acceptors (Lipinski definition) is 0. The molecule has 59 valence electrons. The Balaban J connectivity index is 3.37. The van der Waals surface area contributed by atoms with E-state index in [-0.39, 0.29) is 0 Å². The first kappa shape index (κ1) is 12.9. The predicted molar refractivity (Wildman–Crippen MR) is 75.8 cm³/mol. The van der Waals surface area contributed by atoms with Crippen molar-refractivity contribution in [3.05, 3.63) is 0 Å². The molecule has 0 aliphatic carbocycles. The van der Waals surface area contributed by atoms with Crippen LogP contribution in [0.3, 0.4) is 0 Å². The Kier molecular flexibility index (Phi) is 4.95. The first-order chi connectivity index (χ1) is 7.21. The summed E-state index contributed by atoms with van der Waals surface area (Å²) in [5, 5.41) is 0. The van der Waals surface area contributed by atoms with E-state index in [0.717, 1.165) is 22.1 Å². The molecular formula is C6H6B8N. The minimum absolute atomic E-state index is 0.863. The average Bonchev–Trinajstić information content (AvgIpc) is 2.50. The van der Waals surface area contributed by atoms with Gasteiger partial charge < -0.3 is 0 Å². The van der Waals surface area contributed by atoms with Crippen molar-refractivity contribution in [2.24, 2.45) is 7.05 Å². The van der Waals surface area contributed by atoms with Crippen molar-refractivity contribution < 1.29 is 0 Å². The topological polar surface area (TPSA) is 4.93 Å². The SMILES string of the molecule is [B][B]c1c([B][B]C)c(B=[B])n(C)c1[B][B]. The van der Waals surface area contributed by atoms with Crippen LogP contribution in [0.15, 0.2) is 0 Å². The molecule has 0 aromatic carbocycles. The average molecular weight is 179 g/mol. The fourth-order valence-corrected chi connectivity index (χ4v) is 1.69. The summed E-state index contributed by atoms with van der Waals surface area (Å²) in [6.07, 6.45) is 0. The maximum atomic E-state index is 5.59. The van der Waals surface area contributed by atoms with Crippen LogP contribution >= 0.6 is 0 Å². The molecule has 9 radical (unpaired) electrons. The van der Waals surface area contributed by atoms with Crippen LogP contribution in [0.5, 0.6) is 0 Å². The van der Waals surface area contributed by atoms with Gasteiger partial charge in [-0.05, 0) is 0 Å². The summed E-state index contributed by atoms with van der Waals surface area (Å²) in [6.45, 7) is 3.49. The maximum absolute atomic E-state index is 5.59. The van der Waals surface area contributed by atoms with E-state index in [0.29, 0.717) is 0 Å². The van der Waals surface area contributed by atoms with Gasteiger partial charge in [0.25, 0.3) is 0 Å². The Bertz CT molecular complexity index is 359. The van der Waals surface area contributed by atoms with Gasteiger partial charge in [0.2, 0.25) is 0 Å². The molecule has 1 aromatic heterocycles. The second kappa shape index (κ2) is 5.77. The molecule has 0 bridgehead atoms. The third kappa shape index (κ3) is 2.32. The number of rotatable bonds is 5. The standard InChI is InChI=1S/C6H6B8N/c1-10-14-4-3(11-7)5(12-8)15(2)6(4)13-9/h1-2H3. The van der Waals surface area contributed by atoms with Gasteiger partial charge in [-0.25, -0.2) is 0 Å². The molecular weight excluding hydrogens is 173 g/mol.